The van der Waals surface area contributed by atoms with Gasteiger partial charge in [-0.1, -0.05) is 61.0 Å². The number of likely N-dealkylation sites (N-methyl/N-ethyl adjacent to an activating group) is 1. The van der Waals surface area contributed by atoms with E-state index in [1.54, 1.807) is 4.90 Å². The molecule has 29 heavy (non-hydrogen) atoms. The summed E-state index contributed by atoms with van der Waals surface area (Å²) in [7, 11) is 0. The van der Waals surface area contributed by atoms with E-state index in [0.717, 1.165) is 16.7 Å². The fourth-order valence-electron chi connectivity index (χ4n) is 3.13. The van der Waals surface area contributed by atoms with Crippen molar-refractivity contribution in [3.05, 3.63) is 70.2 Å². The number of hydrogen-bond donors (Lipinski definition) is 1. The Kier molecular flexibility index (Phi) is 9.55. The van der Waals surface area contributed by atoms with Crippen molar-refractivity contribution < 1.29 is 9.59 Å². The monoisotopic (exact) mass is 432 g/mol. The molecule has 2 rings (SSSR count). The molecule has 2 amide bonds. The quantitative estimate of drug-likeness (QED) is 0.585. The first kappa shape index (κ1) is 23.3. The highest BCUT2D eigenvalue weighted by molar-refractivity contribution is 7.99. The van der Waals surface area contributed by atoms with Crippen LogP contribution in [0.1, 0.15) is 37.0 Å². The predicted molar refractivity (Wildman–Crippen MR) is 122 cm³/mol. The fraction of sp³-hybridized carbons (Fsp3) is 0.391. The van der Waals surface area contributed by atoms with Crippen LogP contribution in [-0.2, 0) is 21.9 Å². The topological polar surface area (TPSA) is 49.4 Å². The largest absolute Gasteiger partial charge is 0.355 e. The number of carbonyl (C=O) groups is 2. The van der Waals surface area contributed by atoms with Crippen molar-refractivity contribution in [3.8, 4) is 0 Å². The number of thioether (sulfide) groups is 1. The van der Waals surface area contributed by atoms with E-state index in [1.807, 2.05) is 69.3 Å². The predicted octanol–water partition coefficient (Wildman–Crippen LogP) is 4.83. The van der Waals surface area contributed by atoms with Gasteiger partial charge in [0.05, 0.1) is 5.75 Å². The van der Waals surface area contributed by atoms with Crippen molar-refractivity contribution in [1.29, 1.82) is 0 Å². The molecule has 0 radical (unpaired) electrons. The van der Waals surface area contributed by atoms with Crippen LogP contribution in [0.5, 0.6) is 0 Å². The van der Waals surface area contributed by atoms with E-state index in [4.69, 9.17) is 11.6 Å². The fourth-order valence-corrected chi connectivity index (χ4v) is 4.33. The van der Waals surface area contributed by atoms with Gasteiger partial charge in [0.1, 0.15) is 6.04 Å². The Morgan fingerprint density at radius 1 is 1.07 bits per heavy atom. The number of rotatable bonds is 10. The maximum atomic E-state index is 13.1. The summed E-state index contributed by atoms with van der Waals surface area (Å²) in [6.07, 6.45) is 0.568. The SMILES string of the molecule is CCNC(=O)[C@@H](CC)N(Cc1ccccc1C)C(=O)CSCc1ccccc1Cl. The van der Waals surface area contributed by atoms with Gasteiger partial charge in [-0.05, 0) is 43.0 Å². The third kappa shape index (κ3) is 6.79. The summed E-state index contributed by atoms with van der Waals surface area (Å²) in [5, 5.41) is 3.57. The first-order valence-electron chi connectivity index (χ1n) is 9.90. The zero-order valence-corrected chi connectivity index (χ0v) is 18.9. The van der Waals surface area contributed by atoms with Gasteiger partial charge in [0.2, 0.25) is 11.8 Å². The van der Waals surface area contributed by atoms with E-state index in [-0.39, 0.29) is 11.8 Å². The molecule has 0 aromatic heterocycles. The van der Waals surface area contributed by atoms with E-state index in [0.29, 0.717) is 36.0 Å². The zero-order chi connectivity index (χ0) is 21.2. The summed E-state index contributed by atoms with van der Waals surface area (Å²) < 4.78 is 0. The number of amides is 2. The van der Waals surface area contributed by atoms with E-state index in [2.05, 4.69) is 5.32 Å². The van der Waals surface area contributed by atoms with Crippen molar-refractivity contribution >= 4 is 35.2 Å². The third-order valence-electron chi connectivity index (χ3n) is 4.78. The standard InChI is InChI=1S/C23H29ClN2O2S/c1-4-21(23(28)25-5-2)26(14-18-11-7-6-10-17(18)3)22(27)16-29-15-19-12-8-9-13-20(19)24/h6-13,21H,4-5,14-16H2,1-3H3,(H,25,28)/t21-/m1/s1. The molecule has 0 aliphatic rings. The van der Waals surface area contributed by atoms with Gasteiger partial charge >= 0.3 is 0 Å². The molecule has 1 N–H and O–H groups in total. The molecule has 6 heteroatoms. The number of halogens is 1. The van der Waals surface area contributed by atoms with Gasteiger partial charge < -0.3 is 10.2 Å². The second kappa shape index (κ2) is 11.9. The van der Waals surface area contributed by atoms with Crippen molar-refractivity contribution in [2.45, 2.75) is 45.5 Å². The van der Waals surface area contributed by atoms with Crippen LogP contribution in [0, 0.1) is 6.92 Å². The van der Waals surface area contributed by atoms with E-state index in [1.165, 1.54) is 11.8 Å². The third-order valence-corrected chi connectivity index (χ3v) is 6.11. The van der Waals surface area contributed by atoms with Gasteiger partial charge in [-0.15, -0.1) is 11.8 Å². The summed E-state index contributed by atoms with van der Waals surface area (Å²) >= 11 is 7.73. The van der Waals surface area contributed by atoms with E-state index >= 15 is 0 Å². The van der Waals surface area contributed by atoms with Crippen LogP contribution in [-0.4, -0.2) is 35.1 Å². The normalized spacial score (nSPS) is 11.7. The Morgan fingerprint density at radius 3 is 2.34 bits per heavy atom. The lowest BCUT2D eigenvalue weighted by Gasteiger charge is -2.31. The second-order valence-electron chi connectivity index (χ2n) is 6.85. The minimum absolute atomic E-state index is 0.0385. The molecule has 0 bridgehead atoms. The number of nitrogens with zero attached hydrogens (tertiary/aromatic N) is 1. The Hall–Kier alpha value is -1.98. The van der Waals surface area contributed by atoms with Crippen LogP contribution >= 0.6 is 23.4 Å². The summed E-state index contributed by atoms with van der Waals surface area (Å²) in [4.78, 5) is 27.5. The van der Waals surface area contributed by atoms with E-state index < -0.39 is 6.04 Å². The first-order chi connectivity index (χ1) is 14.0. The van der Waals surface area contributed by atoms with Crippen molar-refractivity contribution in [1.82, 2.24) is 10.2 Å². The second-order valence-corrected chi connectivity index (χ2v) is 8.24. The number of benzene rings is 2. The molecular formula is C23H29ClN2O2S. The van der Waals surface area contributed by atoms with Gasteiger partial charge in [-0.2, -0.15) is 0 Å². The number of nitrogens with one attached hydrogen (secondary N) is 1. The highest BCUT2D eigenvalue weighted by atomic mass is 35.5. The van der Waals surface area contributed by atoms with Crippen LogP contribution in [0.3, 0.4) is 0 Å². The lowest BCUT2D eigenvalue weighted by atomic mass is 10.1. The van der Waals surface area contributed by atoms with Gasteiger partial charge in [-0.3, -0.25) is 9.59 Å². The van der Waals surface area contributed by atoms with Crippen molar-refractivity contribution in [2.75, 3.05) is 12.3 Å². The van der Waals surface area contributed by atoms with Crippen molar-refractivity contribution in [3.63, 3.8) is 0 Å². The average molecular weight is 433 g/mol. The van der Waals surface area contributed by atoms with Crippen molar-refractivity contribution in [2.24, 2.45) is 0 Å². The van der Waals surface area contributed by atoms with Crippen LogP contribution < -0.4 is 5.32 Å². The molecule has 0 aliphatic heterocycles. The van der Waals surface area contributed by atoms with Gasteiger partial charge in [0.25, 0.3) is 0 Å². The molecule has 0 unspecified atom stereocenters. The minimum Gasteiger partial charge on any atom is -0.355 e. The summed E-state index contributed by atoms with van der Waals surface area (Å²) in [6, 6.07) is 15.1. The lowest BCUT2D eigenvalue weighted by molar-refractivity contribution is -0.139. The maximum Gasteiger partial charge on any atom is 0.242 e. The maximum absolute atomic E-state index is 13.1. The smallest absolute Gasteiger partial charge is 0.242 e. The number of hydrogen-bond acceptors (Lipinski definition) is 3. The molecule has 0 aliphatic carbocycles. The molecule has 0 heterocycles. The Balaban J connectivity index is 2.14. The average Bonchev–Trinajstić information content (AvgIpc) is 2.70. The van der Waals surface area contributed by atoms with Crippen LogP contribution in [0.25, 0.3) is 0 Å². The van der Waals surface area contributed by atoms with Crippen LogP contribution in [0.15, 0.2) is 48.5 Å². The molecule has 2 aromatic rings. The Morgan fingerprint density at radius 2 is 1.72 bits per heavy atom. The molecule has 0 fully saturated rings. The highest BCUT2D eigenvalue weighted by Gasteiger charge is 2.28. The molecule has 0 spiro atoms. The van der Waals surface area contributed by atoms with E-state index in [9.17, 15) is 9.59 Å². The summed E-state index contributed by atoms with van der Waals surface area (Å²) in [5.41, 5.74) is 3.17. The Labute approximate surface area is 183 Å². The van der Waals surface area contributed by atoms with Gasteiger partial charge in [0.15, 0.2) is 0 Å². The number of aryl methyl sites for hydroxylation is 1. The molecule has 156 valence electrons. The highest BCUT2D eigenvalue weighted by Crippen LogP contribution is 2.22. The van der Waals surface area contributed by atoms with Crippen LogP contribution in [0.4, 0.5) is 0 Å². The molecule has 4 nitrogen and oxygen atoms in total. The summed E-state index contributed by atoms with van der Waals surface area (Å²) in [5.74, 6) is 0.811. The Bertz CT molecular complexity index is 828. The first-order valence-corrected chi connectivity index (χ1v) is 11.4. The molecule has 0 saturated heterocycles. The molecule has 1 atom stereocenters. The summed E-state index contributed by atoms with van der Waals surface area (Å²) in [6.45, 7) is 6.82. The molecule has 2 aromatic carbocycles. The minimum atomic E-state index is -0.483. The molecule has 0 saturated carbocycles. The van der Waals surface area contributed by atoms with Gasteiger partial charge in [-0.25, -0.2) is 0 Å². The lowest BCUT2D eigenvalue weighted by Crippen LogP contribution is -2.49. The number of carbonyl (C=O) groups excluding carboxylic acids is 2. The van der Waals surface area contributed by atoms with Crippen LogP contribution in [0.2, 0.25) is 5.02 Å². The van der Waals surface area contributed by atoms with Gasteiger partial charge in [0, 0.05) is 23.9 Å². The zero-order valence-electron chi connectivity index (χ0n) is 17.3. The molecular weight excluding hydrogens is 404 g/mol.